The lowest BCUT2D eigenvalue weighted by atomic mass is 10.1. The highest BCUT2D eigenvalue weighted by Crippen LogP contribution is 2.29. The number of nitrogens with one attached hydrogen (secondary N) is 1. The first kappa shape index (κ1) is 8.82. The third kappa shape index (κ3) is 1.78. The maximum Gasteiger partial charge on any atom is 0.118 e. The van der Waals surface area contributed by atoms with Gasteiger partial charge in [0.1, 0.15) is 6.17 Å². The number of anilines is 1. The van der Waals surface area contributed by atoms with Crippen LogP contribution in [0.5, 0.6) is 0 Å². The number of aryl methyl sites for hydroxylation is 1. The topological polar surface area (TPSA) is 12.0 Å². The van der Waals surface area contributed by atoms with Crippen LogP contribution < -0.4 is 5.32 Å². The predicted molar refractivity (Wildman–Crippen MR) is 53.2 cm³/mol. The summed E-state index contributed by atoms with van der Waals surface area (Å²) in [5.41, 5.74) is 2.02. The minimum absolute atomic E-state index is 0.372. The van der Waals surface area contributed by atoms with Crippen molar-refractivity contribution in [2.24, 2.45) is 0 Å². The molecule has 1 aliphatic heterocycles. The molecule has 2 rings (SSSR count). The maximum absolute atomic E-state index is 13.0. The van der Waals surface area contributed by atoms with Gasteiger partial charge >= 0.3 is 0 Å². The Labute approximate surface area is 81.9 Å². The Kier molecular flexibility index (Phi) is 2.40. The van der Waals surface area contributed by atoms with E-state index in [9.17, 15) is 4.39 Å². The number of hydrogen-bond acceptors (Lipinski definition) is 1. The quantitative estimate of drug-likeness (QED) is 0.677. The van der Waals surface area contributed by atoms with Gasteiger partial charge in [-0.3, -0.25) is 0 Å². The van der Waals surface area contributed by atoms with E-state index in [1.165, 1.54) is 0 Å². The molecule has 13 heavy (non-hydrogen) atoms. The van der Waals surface area contributed by atoms with E-state index >= 15 is 0 Å². The fourth-order valence-electron chi connectivity index (χ4n) is 1.60. The molecule has 1 nitrogen and oxygen atoms in total. The van der Waals surface area contributed by atoms with E-state index in [1.807, 2.05) is 18.2 Å². The lowest BCUT2D eigenvalue weighted by Gasteiger charge is -2.08. The summed E-state index contributed by atoms with van der Waals surface area (Å²) >= 11 is 5.98. The van der Waals surface area contributed by atoms with Crippen molar-refractivity contribution in [1.29, 1.82) is 0 Å². The van der Waals surface area contributed by atoms with Gasteiger partial charge in [-0.25, -0.2) is 4.39 Å². The van der Waals surface area contributed by atoms with Crippen molar-refractivity contribution >= 4 is 17.3 Å². The first-order valence-electron chi connectivity index (χ1n) is 4.42. The molecule has 0 radical (unpaired) electrons. The predicted octanol–water partition coefficient (Wildman–Crippen LogP) is 3.04. The average Bonchev–Trinajstić information content (AvgIpc) is 2.30. The van der Waals surface area contributed by atoms with Crippen LogP contribution in [0.4, 0.5) is 10.1 Å². The summed E-state index contributed by atoms with van der Waals surface area (Å²) in [6.45, 7) is 0.372. The van der Waals surface area contributed by atoms with E-state index in [2.05, 4.69) is 5.32 Å². The molecule has 0 aromatic heterocycles. The van der Waals surface area contributed by atoms with E-state index in [1.54, 1.807) is 0 Å². The van der Waals surface area contributed by atoms with Crippen LogP contribution in [0.15, 0.2) is 18.2 Å². The minimum Gasteiger partial charge on any atom is -0.381 e. The van der Waals surface area contributed by atoms with Crippen molar-refractivity contribution in [2.75, 3.05) is 11.9 Å². The highest BCUT2D eigenvalue weighted by molar-refractivity contribution is 6.33. The Bertz CT molecular complexity index is 314. The van der Waals surface area contributed by atoms with E-state index in [0.717, 1.165) is 17.7 Å². The molecular formula is C10H11ClFN. The van der Waals surface area contributed by atoms with Crippen molar-refractivity contribution < 1.29 is 4.39 Å². The first-order valence-corrected chi connectivity index (χ1v) is 4.80. The molecule has 0 saturated heterocycles. The Hall–Kier alpha value is -0.760. The lowest BCUT2D eigenvalue weighted by Crippen LogP contribution is -2.12. The highest BCUT2D eigenvalue weighted by Gasteiger charge is 2.15. The van der Waals surface area contributed by atoms with Gasteiger partial charge in [0.15, 0.2) is 0 Å². The van der Waals surface area contributed by atoms with Gasteiger partial charge in [0.2, 0.25) is 0 Å². The Balaban J connectivity index is 2.35. The largest absolute Gasteiger partial charge is 0.381 e. The van der Waals surface area contributed by atoms with Crippen molar-refractivity contribution in [1.82, 2.24) is 0 Å². The van der Waals surface area contributed by atoms with Crippen LogP contribution in [0, 0.1) is 0 Å². The second-order valence-corrected chi connectivity index (χ2v) is 3.70. The molecule has 1 atom stereocenters. The third-order valence-electron chi connectivity index (χ3n) is 2.33. The second-order valence-electron chi connectivity index (χ2n) is 3.29. The zero-order valence-corrected chi connectivity index (χ0v) is 7.94. The molecule has 1 aliphatic rings. The Morgan fingerprint density at radius 2 is 2.31 bits per heavy atom. The minimum atomic E-state index is -0.761. The second kappa shape index (κ2) is 3.54. The molecule has 0 fully saturated rings. The van der Waals surface area contributed by atoms with Crippen molar-refractivity contribution in [3.8, 4) is 0 Å². The summed E-state index contributed by atoms with van der Waals surface area (Å²) in [7, 11) is 0. The molecule has 1 aromatic carbocycles. The molecule has 3 heteroatoms. The van der Waals surface area contributed by atoms with Gasteiger partial charge in [0.25, 0.3) is 0 Å². The van der Waals surface area contributed by atoms with Gasteiger partial charge in [-0.2, -0.15) is 0 Å². The molecule has 1 unspecified atom stereocenters. The van der Waals surface area contributed by atoms with Crippen molar-refractivity contribution in [2.45, 2.75) is 19.0 Å². The number of benzene rings is 1. The normalized spacial score (nSPS) is 21.5. The summed E-state index contributed by atoms with van der Waals surface area (Å²) in [5, 5.41) is 3.72. The number of fused-ring (bicyclic) bond motifs is 1. The fourth-order valence-corrected chi connectivity index (χ4v) is 1.86. The lowest BCUT2D eigenvalue weighted by molar-refractivity contribution is 0.333. The van der Waals surface area contributed by atoms with Crippen LogP contribution in [-0.2, 0) is 6.42 Å². The highest BCUT2D eigenvalue weighted by atomic mass is 35.5. The molecule has 0 aliphatic carbocycles. The molecule has 1 N–H and O–H groups in total. The summed E-state index contributed by atoms with van der Waals surface area (Å²) in [6.07, 6.45) is 0.591. The van der Waals surface area contributed by atoms with Crippen LogP contribution in [0.25, 0.3) is 0 Å². The van der Waals surface area contributed by atoms with Gasteiger partial charge in [-0.1, -0.05) is 23.7 Å². The summed E-state index contributed by atoms with van der Waals surface area (Å²) in [4.78, 5) is 0. The molecule has 0 spiro atoms. The van der Waals surface area contributed by atoms with Gasteiger partial charge in [-0.05, 0) is 24.5 Å². The number of rotatable bonds is 0. The Morgan fingerprint density at radius 3 is 3.15 bits per heavy atom. The van der Waals surface area contributed by atoms with Crippen LogP contribution in [0.2, 0.25) is 5.02 Å². The summed E-state index contributed by atoms with van der Waals surface area (Å²) < 4.78 is 13.0. The van der Waals surface area contributed by atoms with Crippen LogP contribution in [0.3, 0.4) is 0 Å². The molecule has 1 heterocycles. The van der Waals surface area contributed by atoms with Gasteiger partial charge < -0.3 is 5.32 Å². The van der Waals surface area contributed by atoms with Crippen molar-refractivity contribution in [3.05, 3.63) is 28.8 Å². The Morgan fingerprint density at radius 1 is 1.46 bits per heavy atom. The number of hydrogen-bond donors (Lipinski definition) is 1. The smallest absolute Gasteiger partial charge is 0.118 e. The molecule has 0 saturated carbocycles. The van der Waals surface area contributed by atoms with E-state index in [0.29, 0.717) is 18.0 Å². The molecule has 70 valence electrons. The molecule has 0 bridgehead atoms. The fraction of sp³-hybridized carbons (Fsp3) is 0.400. The number of para-hydroxylation sites is 1. The van der Waals surface area contributed by atoms with Crippen molar-refractivity contribution in [3.63, 3.8) is 0 Å². The number of alkyl halides is 1. The zero-order chi connectivity index (χ0) is 9.26. The first-order chi connectivity index (χ1) is 6.27. The molecule has 1 aromatic rings. The van der Waals surface area contributed by atoms with Crippen LogP contribution >= 0.6 is 11.6 Å². The van der Waals surface area contributed by atoms with Gasteiger partial charge in [0.05, 0.1) is 10.7 Å². The summed E-state index contributed by atoms with van der Waals surface area (Å²) in [5.74, 6) is 0. The van der Waals surface area contributed by atoms with Gasteiger partial charge in [-0.15, -0.1) is 0 Å². The van der Waals surface area contributed by atoms with Crippen LogP contribution in [0.1, 0.15) is 12.0 Å². The third-order valence-corrected chi connectivity index (χ3v) is 2.64. The zero-order valence-electron chi connectivity index (χ0n) is 7.19. The molecule has 0 amide bonds. The molecular weight excluding hydrogens is 189 g/mol. The standard InChI is InChI=1S/C10H11ClFN/c11-9-3-1-2-7-4-5-8(12)6-13-10(7)9/h1-3,8,13H,4-6H2. The van der Waals surface area contributed by atoms with Crippen LogP contribution in [-0.4, -0.2) is 12.7 Å². The average molecular weight is 200 g/mol. The van der Waals surface area contributed by atoms with E-state index in [-0.39, 0.29) is 0 Å². The maximum atomic E-state index is 13.0. The monoisotopic (exact) mass is 199 g/mol. The SMILES string of the molecule is FC1CCc2cccc(Cl)c2NC1. The van der Waals surface area contributed by atoms with E-state index < -0.39 is 6.17 Å². The van der Waals surface area contributed by atoms with E-state index in [4.69, 9.17) is 11.6 Å². The summed E-state index contributed by atoms with van der Waals surface area (Å²) in [6, 6.07) is 5.72. The van der Waals surface area contributed by atoms with Gasteiger partial charge in [0, 0.05) is 6.54 Å². The number of halogens is 2.